The molecule has 0 unspecified atom stereocenters. The second-order valence-electron chi connectivity index (χ2n) is 4.65. The highest BCUT2D eigenvalue weighted by molar-refractivity contribution is 9.10. The monoisotopic (exact) mass is 372 g/mol. The maximum absolute atomic E-state index is 12.1. The number of carbonyl (C=O) groups is 1. The third-order valence-electron chi connectivity index (χ3n) is 3.04. The molecule has 114 valence electrons. The van der Waals surface area contributed by atoms with Crippen molar-refractivity contribution >= 4 is 34.2 Å². The molecule has 0 saturated carbocycles. The van der Waals surface area contributed by atoms with Gasteiger partial charge in [0.25, 0.3) is 5.91 Å². The quantitative estimate of drug-likeness (QED) is 0.864. The van der Waals surface area contributed by atoms with Crippen LogP contribution in [0.25, 0.3) is 5.69 Å². The number of nitrogens with one attached hydrogen (secondary N) is 1. The van der Waals surface area contributed by atoms with Crippen molar-refractivity contribution in [3.8, 4) is 5.69 Å². The van der Waals surface area contributed by atoms with Crippen molar-refractivity contribution in [2.45, 2.75) is 19.9 Å². The molecule has 2 rings (SSSR count). The Kier molecular flexibility index (Phi) is 6.39. The Bertz CT molecular complexity index is 629. The molecular weight excluding hydrogens is 356 g/mol. The zero-order chi connectivity index (χ0) is 14.7. The summed E-state index contributed by atoms with van der Waals surface area (Å²) in [6.07, 6.45) is 1.58. The highest BCUT2D eigenvalue weighted by Crippen LogP contribution is 2.18. The first-order valence-electron chi connectivity index (χ1n) is 6.34. The first-order chi connectivity index (χ1) is 9.52. The summed E-state index contributed by atoms with van der Waals surface area (Å²) in [4.78, 5) is 12.1. The highest BCUT2D eigenvalue weighted by Gasteiger charge is 2.16. The van der Waals surface area contributed by atoms with Crippen LogP contribution in [0.2, 0.25) is 0 Å². The average molecular weight is 374 g/mol. The summed E-state index contributed by atoms with van der Waals surface area (Å²) in [5, 5.41) is 7.12. The fourth-order valence-corrected chi connectivity index (χ4v) is 2.25. The first-order valence-corrected chi connectivity index (χ1v) is 7.13. The zero-order valence-corrected chi connectivity index (χ0v) is 14.2. The topological polar surface area (TPSA) is 72.9 Å². The van der Waals surface area contributed by atoms with Crippen molar-refractivity contribution in [2.24, 2.45) is 5.73 Å². The molecule has 1 aromatic heterocycles. The molecule has 0 radical (unpaired) electrons. The normalized spacial score (nSPS) is 11.6. The summed E-state index contributed by atoms with van der Waals surface area (Å²) >= 11 is 3.43. The van der Waals surface area contributed by atoms with Gasteiger partial charge >= 0.3 is 0 Å². The van der Waals surface area contributed by atoms with Crippen LogP contribution in [0.4, 0.5) is 0 Å². The number of benzene rings is 1. The van der Waals surface area contributed by atoms with Gasteiger partial charge in [-0.25, -0.2) is 4.68 Å². The zero-order valence-electron chi connectivity index (χ0n) is 11.8. The number of aromatic nitrogens is 2. The van der Waals surface area contributed by atoms with Gasteiger partial charge in [0.1, 0.15) is 0 Å². The number of rotatable bonds is 4. The van der Waals surface area contributed by atoms with Crippen LogP contribution in [-0.2, 0) is 0 Å². The summed E-state index contributed by atoms with van der Waals surface area (Å²) in [5.74, 6) is -0.151. The van der Waals surface area contributed by atoms with E-state index >= 15 is 0 Å². The lowest BCUT2D eigenvalue weighted by Gasteiger charge is -2.11. The average Bonchev–Trinajstić information content (AvgIpc) is 2.80. The number of nitrogens with two attached hydrogens (primary N) is 1. The molecule has 0 aliphatic rings. The predicted molar refractivity (Wildman–Crippen MR) is 89.2 cm³/mol. The minimum atomic E-state index is -0.151. The van der Waals surface area contributed by atoms with E-state index in [1.165, 1.54) is 0 Å². The summed E-state index contributed by atoms with van der Waals surface area (Å²) < 4.78 is 2.71. The fraction of sp³-hybridized carbons (Fsp3) is 0.286. The molecule has 1 heterocycles. The van der Waals surface area contributed by atoms with Gasteiger partial charge in [0.2, 0.25) is 0 Å². The molecule has 5 nitrogen and oxygen atoms in total. The van der Waals surface area contributed by atoms with E-state index < -0.39 is 0 Å². The minimum absolute atomic E-state index is 0. The standard InChI is InChI=1S/C14H17BrN4O.ClH/c1-9(7-16)18-14(20)13-8-17-19(10(13)2)12-5-3-4-11(15)6-12;/h3-6,8-9H,7,16H2,1-2H3,(H,18,20);1H/t9-;/m0./s1. The molecule has 2 aromatic rings. The summed E-state index contributed by atoms with van der Waals surface area (Å²) in [7, 11) is 0. The molecule has 0 aliphatic carbocycles. The van der Waals surface area contributed by atoms with Crippen LogP contribution >= 0.6 is 28.3 Å². The molecule has 1 amide bonds. The van der Waals surface area contributed by atoms with Crippen LogP contribution in [0.3, 0.4) is 0 Å². The van der Waals surface area contributed by atoms with Crippen LogP contribution in [0, 0.1) is 6.92 Å². The number of nitrogens with zero attached hydrogens (tertiary/aromatic N) is 2. The van der Waals surface area contributed by atoms with Gasteiger partial charge in [-0.2, -0.15) is 5.10 Å². The predicted octanol–water partition coefficient (Wildman–Crippen LogP) is 2.44. The molecule has 0 aliphatic heterocycles. The minimum Gasteiger partial charge on any atom is -0.348 e. The van der Waals surface area contributed by atoms with Crippen molar-refractivity contribution in [1.29, 1.82) is 0 Å². The number of hydrogen-bond acceptors (Lipinski definition) is 3. The molecular formula is C14H18BrClN4O. The Hall–Kier alpha value is -1.37. The molecule has 21 heavy (non-hydrogen) atoms. The summed E-state index contributed by atoms with van der Waals surface area (Å²) in [5.41, 5.74) is 7.77. The second-order valence-corrected chi connectivity index (χ2v) is 5.56. The Morgan fingerprint density at radius 1 is 1.52 bits per heavy atom. The molecule has 0 spiro atoms. The Balaban J connectivity index is 0.00000220. The lowest BCUT2D eigenvalue weighted by molar-refractivity contribution is 0.0940. The lowest BCUT2D eigenvalue weighted by Crippen LogP contribution is -2.37. The van der Waals surface area contributed by atoms with Gasteiger partial charge in [0.05, 0.1) is 23.1 Å². The van der Waals surface area contributed by atoms with Crippen molar-refractivity contribution in [3.05, 3.63) is 46.2 Å². The van der Waals surface area contributed by atoms with Gasteiger partial charge in [-0.3, -0.25) is 4.79 Å². The molecule has 7 heteroatoms. The Labute approximate surface area is 138 Å². The maximum Gasteiger partial charge on any atom is 0.255 e. The van der Waals surface area contributed by atoms with Gasteiger partial charge in [-0.05, 0) is 32.0 Å². The van der Waals surface area contributed by atoms with Crippen LogP contribution in [0.15, 0.2) is 34.9 Å². The third kappa shape index (κ3) is 4.06. The van der Waals surface area contributed by atoms with Gasteiger partial charge in [-0.15, -0.1) is 12.4 Å². The van der Waals surface area contributed by atoms with Crippen LogP contribution in [0.5, 0.6) is 0 Å². The molecule has 1 atom stereocenters. The van der Waals surface area contributed by atoms with Crippen molar-refractivity contribution in [2.75, 3.05) is 6.54 Å². The van der Waals surface area contributed by atoms with Gasteiger partial charge < -0.3 is 11.1 Å². The van der Waals surface area contributed by atoms with Crippen molar-refractivity contribution in [3.63, 3.8) is 0 Å². The second kappa shape index (κ2) is 7.59. The smallest absolute Gasteiger partial charge is 0.255 e. The van der Waals surface area contributed by atoms with E-state index in [-0.39, 0.29) is 24.4 Å². The maximum atomic E-state index is 12.1. The number of halogens is 2. The third-order valence-corrected chi connectivity index (χ3v) is 3.53. The van der Waals surface area contributed by atoms with E-state index in [1.54, 1.807) is 10.9 Å². The van der Waals surface area contributed by atoms with Crippen LogP contribution < -0.4 is 11.1 Å². The van der Waals surface area contributed by atoms with E-state index in [4.69, 9.17) is 5.73 Å². The van der Waals surface area contributed by atoms with Gasteiger partial charge in [0, 0.05) is 17.1 Å². The summed E-state index contributed by atoms with van der Waals surface area (Å²) in [6, 6.07) is 7.70. The largest absolute Gasteiger partial charge is 0.348 e. The lowest BCUT2D eigenvalue weighted by atomic mass is 10.2. The fourth-order valence-electron chi connectivity index (χ4n) is 1.86. The Morgan fingerprint density at radius 2 is 2.24 bits per heavy atom. The molecule has 0 bridgehead atoms. The number of amides is 1. The SMILES string of the molecule is Cc1c(C(=O)N[C@@H](C)CN)cnn1-c1cccc(Br)c1.Cl. The van der Waals surface area contributed by atoms with E-state index in [2.05, 4.69) is 26.3 Å². The van der Waals surface area contributed by atoms with Crippen LogP contribution in [-0.4, -0.2) is 28.3 Å². The highest BCUT2D eigenvalue weighted by atomic mass is 79.9. The van der Waals surface area contributed by atoms with Crippen molar-refractivity contribution < 1.29 is 4.79 Å². The van der Waals surface area contributed by atoms with Gasteiger partial charge in [0.15, 0.2) is 0 Å². The molecule has 3 N–H and O–H groups in total. The Morgan fingerprint density at radius 3 is 2.86 bits per heavy atom. The van der Waals surface area contributed by atoms with E-state index in [9.17, 15) is 4.79 Å². The van der Waals surface area contributed by atoms with E-state index in [0.29, 0.717) is 12.1 Å². The number of hydrogen-bond donors (Lipinski definition) is 2. The summed E-state index contributed by atoms with van der Waals surface area (Å²) in [6.45, 7) is 4.15. The number of carbonyl (C=O) groups excluding carboxylic acids is 1. The van der Waals surface area contributed by atoms with Crippen LogP contribution in [0.1, 0.15) is 23.0 Å². The van der Waals surface area contributed by atoms with E-state index in [1.807, 2.05) is 38.1 Å². The molecule has 0 saturated heterocycles. The van der Waals surface area contributed by atoms with Crippen molar-refractivity contribution in [1.82, 2.24) is 15.1 Å². The first kappa shape index (κ1) is 17.7. The van der Waals surface area contributed by atoms with E-state index in [0.717, 1.165) is 15.9 Å². The van der Waals surface area contributed by atoms with Gasteiger partial charge in [-0.1, -0.05) is 22.0 Å². The molecule has 1 aromatic carbocycles. The molecule has 0 fully saturated rings.